The van der Waals surface area contributed by atoms with Crippen LogP contribution in [0.25, 0.3) is 0 Å². The van der Waals surface area contributed by atoms with Crippen molar-refractivity contribution in [2.75, 3.05) is 6.61 Å². The summed E-state index contributed by atoms with van der Waals surface area (Å²) in [6.45, 7) is 0.0105. The zero-order chi connectivity index (χ0) is 12.3. The highest BCUT2D eigenvalue weighted by Gasteiger charge is 2.33. The molecule has 1 aliphatic carbocycles. The van der Waals surface area contributed by atoms with Crippen molar-refractivity contribution in [3.63, 3.8) is 0 Å². The van der Waals surface area contributed by atoms with E-state index in [0.717, 1.165) is 25.7 Å². The summed E-state index contributed by atoms with van der Waals surface area (Å²) >= 11 is 0. The molecule has 1 aromatic rings. The van der Waals surface area contributed by atoms with Crippen LogP contribution in [0.1, 0.15) is 42.6 Å². The van der Waals surface area contributed by atoms with Gasteiger partial charge >= 0.3 is 0 Å². The van der Waals surface area contributed by atoms with E-state index < -0.39 is 5.54 Å². The summed E-state index contributed by atoms with van der Waals surface area (Å²) in [7, 11) is 1.74. The Balaban J connectivity index is 2.08. The molecule has 0 unspecified atom stereocenters. The van der Waals surface area contributed by atoms with E-state index in [1.165, 1.54) is 6.42 Å². The van der Waals surface area contributed by atoms with Crippen molar-refractivity contribution >= 4 is 5.91 Å². The maximum atomic E-state index is 12.1. The summed E-state index contributed by atoms with van der Waals surface area (Å²) < 4.78 is 1.54. The van der Waals surface area contributed by atoms with Gasteiger partial charge in [0.1, 0.15) is 5.69 Å². The quantitative estimate of drug-likeness (QED) is 0.818. The van der Waals surface area contributed by atoms with Crippen LogP contribution in [0.15, 0.2) is 12.3 Å². The Hall–Kier alpha value is -1.36. The number of carbonyl (C=O) groups excluding carboxylic acids is 1. The van der Waals surface area contributed by atoms with Crippen molar-refractivity contribution in [3.8, 4) is 0 Å². The fraction of sp³-hybridized carbons (Fsp3) is 0.667. The molecular formula is C12H19N3O2. The van der Waals surface area contributed by atoms with Crippen molar-refractivity contribution in [3.05, 3.63) is 18.0 Å². The fourth-order valence-electron chi connectivity index (χ4n) is 2.45. The third kappa shape index (κ3) is 2.49. The lowest BCUT2D eigenvalue weighted by atomic mass is 9.82. The Morgan fingerprint density at radius 2 is 2.24 bits per heavy atom. The summed E-state index contributed by atoms with van der Waals surface area (Å²) in [5, 5.41) is 16.5. The highest BCUT2D eigenvalue weighted by atomic mass is 16.3. The predicted octanol–water partition coefficient (Wildman–Crippen LogP) is 0.845. The van der Waals surface area contributed by atoms with Gasteiger partial charge in [-0.3, -0.25) is 9.48 Å². The minimum atomic E-state index is -0.431. The molecule has 2 N–H and O–H groups in total. The van der Waals surface area contributed by atoms with Crippen LogP contribution in [0.4, 0.5) is 0 Å². The zero-order valence-electron chi connectivity index (χ0n) is 10.1. The molecule has 5 heteroatoms. The summed E-state index contributed by atoms with van der Waals surface area (Å²) in [4.78, 5) is 12.1. The van der Waals surface area contributed by atoms with Crippen LogP contribution in [0.2, 0.25) is 0 Å². The summed E-state index contributed by atoms with van der Waals surface area (Å²) in [6.07, 6.45) is 6.61. The molecule has 0 spiro atoms. The van der Waals surface area contributed by atoms with Crippen molar-refractivity contribution in [1.29, 1.82) is 0 Å². The first kappa shape index (κ1) is 12.1. The van der Waals surface area contributed by atoms with E-state index in [9.17, 15) is 9.90 Å². The van der Waals surface area contributed by atoms with Gasteiger partial charge in [0.25, 0.3) is 5.91 Å². The highest BCUT2D eigenvalue weighted by Crippen LogP contribution is 2.28. The van der Waals surface area contributed by atoms with Crippen LogP contribution >= 0.6 is 0 Å². The lowest BCUT2D eigenvalue weighted by Gasteiger charge is -2.36. The number of aliphatic hydroxyl groups is 1. The summed E-state index contributed by atoms with van der Waals surface area (Å²) in [5.41, 5.74) is 0.1000. The largest absolute Gasteiger partial charge is 0.394 e. The summed E-state index contributed by atoms with van der Waals surface area (Å²) in [6, 6.07) is 1.68. The van der Waals surface area contributed by atoms with Gasteiger partial charge in [0.15, 0.2) is 0 Å². The monoisotopic (exact) mass is 237 g/mol. The van der Waals surface area contributed by atoms with E-state index in [2.05, 4.69) is 10.4 Å². The predicted molar refractivity (Wildman–Crippen MR) is 63.6 cm³/mol. The van der Waals surface area contributed by atoms with E-state index in [4.69, 9.17) is 0 Å². The van der Waals surface area contributed by atoms with Gasteiger partial charge in [-0.2, -0.15) is 5.10 Å². The Morgan fingerprint density at radius 3 is 2.76 bits per heavy atom. The maximum Gasteiger partial charge on any atom is 0.270 e. The molecule has 1 fully saturated rings. The minimum absolute atomic E-state index is 0.0105. The van der Waals surface area contributed by atoms with Gasteiger partial charge in [-0.25, -0.2) is 0 Å². The molecule has 1 amide bonds. The number of hydrogen-bond acceptors (Lipinski definition) is 3. The van der Waals surface area contributed by atoms with Crippen LogP contribution in [-0.2, 0) is 7.05 Å². The third-order valence-corrected chi connectivity index (χ3v) is 3.55. The molecule has 0 radical (unpaired) electrons. The molecule has 0 bridgehead atoms. The zero-order valence-corrected chi connectivity index (χ0v) is 10.1. The van der Waals surface area contributed by atoms with Gasteiger partial charge in [0.2, 0.25) is 0 Å². The average molecular weight is 237 g/mol. The molecule has 1 heterocycles. The van der Waals surface area contributed by atoms with E-state index in [1.807, 2.05) is 0 Å². The molecule has 0 atom stereocenters. The Kier molecular flexibility index (Phi) is 3.47. The second-order valence-corrected chi connectivity index (χ2v) is 4.79. The van der Waals surface area contributed by atoms with Gasteiger partial charge in [0.05, 0.1) is 12.1 Å². The topological polar surface area (TPSA) is 67.2 Å². The van der Waals surface area contributed by atoms with E-state index in [-0.39, 0.29) is 12.5 Å². The first-order valence-electron chi connectivity index (χ1n) is 6.08. The molecule has 1 aliphatic rings. The normalized spacial score (nSPS) is 18.9. The molecule has 0 aliphatic heterocycles. The van der Waals surface area contributed by atoms with Crippen LogP contribution in [0, 0.1) is 0 Å². The molecule has 1 saturated carbocycles. The smallest absolute Gasteiger partial charge is 0.270 e. The van der Waals surface area contributed by atoms with Crippen LogP contribution in [-0.4, -0.2) is 32.9 Å². The van der Waals surface area contributed by atoms with Crippen molar-refractivity contribution in [1.82, 2.24) is 15.1 Å². The third-order valence-electron chi connectivity index (χ3n) is 3.55. The highest BCUT2D eigenvalue weighted by molar-refractivity contribution is 5.93. The van der Waals surface area contributed by atoms with Crippen LogP contribution in [0.5, 0.6) is 0 Å². The number of carbonyl (C=O) groups is 1. The number of aliphatic hydroxyl groups excluding tert-OH is 1. The van der Waals surface area contributed by atoms with Crippen molar-refractivity contribution < 1.29 is 9.90 Å². The molecule has 5 nitrogen and oxygen atoms in total. The van der Waals surface area contributed by atoms with E-state index in [1.54, 1.807) is 24.0 Å². The number of rotatable bonds is 3. The Morgan fingerprint density at radius 1 is 1.53 bits per heavy atom. The van der Waals surface area contributed by atoms with Crippen LogP contribution < -0.4 is 5.32 Å². The Bertz CT molecular complexity index is 394. The molecule has 1 aromatic heterocycles. The van der Waals surface area contributed by atoms with Gasteiger partial charge in [-0.15, -0.1) is 0 Å². The molecule has 0 saturated heterocycles. The number of amides is 1. The Labute approximate surface area is 101 Å². The molecule has 17 heavy (non-hydrogen) atoms. The minimum Gasteiger partial charge on any atom is -0.394 e. The molecular weight excluding hydrogens is 218 g/mol. The van der Waals surface area contributed by atoms with Gasteiger partial charge in [0, 0.05) is 13.2 Å². The first-order chi connectivity index (χ1) is 8.17. The van der Waals surface area contributed by atoms with Gasteiger partial charge in [-0.05, 0) is 18.9 Å². The second-order valence-electron chi connectivity index (χ2n) is 4.79. The van der Waals surface area contributed by atoms with Gasteiger partial charge < -0.3 is 10.4 Å². The van der Waals surface area contributed by atoms with E-state index >= 15 is 0 Å². The van der Waals surface area contributed by atoms with Gasteiger partial charge in [-0.1, -0.05) is 19.3 Å². The maximum absolute atomic E-state index is 12.1. The average Bonchev–Trinajstić information content (AvgIpc) is 2.77. The fourth-order valence-corrected chi connectivity index (χ4v) is 2.45. The number of hydrogen-bond donors (Lipinski definition) is 2. The first-order valence-corrected chi connectivity index (χ1v) is 6.08. The number of nitrogens with one attached hydrogen (secondary N) is 1. The van der Waals surface area contributed by atoms with Crippen LogP contribution in [0.3, 0.4) is 0 Å². The number of aromatic nitrogens is 2. The molecule has 0 aromatic carbocycles. The lowest BCUT2D eigenvalue weighted by Crippen LogP contribution is -2.52. The SMILES string of the molecule is Cn1nccc1C(=O)NC1(CO)CCCCC1. The number of aryl methyl sites for hydroxylation is 1. The molecule has 2 rings (SSSR count). The number of nitrogens with zero attached hydrogens (tertiary/aromatic N) is 2. The van der Waals surface area contributed by atoms with E-state index in [0.29, 0.717) is 5.69 Å². The van der Waals surface area contributed by atoms with Crippen molar-refractivity contribution in [2.45, 2.75) is 37.6 Å². The standard InChI is InChI=1S/C12H19N3O2/c1-15-10(5-8-13-15)11(17)14-12(9-16)6-3-2-4-7-12/h5,8,16H,2-4,6-7,9H2,1H3,(H,14,17). The molecule has 94 valence electrons. The lowest BCUT2D eigenvalue weighted by molar-refractivity contribution is 0.0750. The second kappa shape index (κ2) is 4.87. The summed E-state index contributed by atoms with van der Waals surface area (Å²) in [5.74, 6) is -0.152. The van der Waals surface area contributed by atoms with Crippen molar-refractivity contribution in [2.24, 2.45) is 7.05 Å².